The molecule has 1 amide bonds. The average molecular weight is 422 g/mol. The average Bonchev–Trinajstić information content (AvgIpc) is 3.24. The van der Waals surface area contributed by atoms with Crippen molar-refractivity contribution in [1.82, 2.24) is 19.7 Å². The Balaban J connectivity index is 1.35. The first-order valence-corrected chi connectivity index (χ1v) is 11.3. The van der Waals surface area contributed by atoms with Gasteiger partial charge in [-0.15, -0.1) is 5.10 Å². The molecule has 0 bridgehead atoms. The lowest BCUT2D eigenvalue weighted by Crippen LogP contribution is -2.49. The van der Waals surface area contributed by atoms with Gasteiger partial charge in [0.05, 0.1) is 11.4 Å². The summed E-state index contributed by atoms with van der Waals surface area (Å²) in [4.78, 5) is 21.7. The summed E-state index contributed by atoms with van der Waals surface area (Å²) < 4.78 is 1.89. The molecule has 0 spiro atoms. The molecule has 0 unspecified atom stereocenters. The van der Waals surface area contributed by atoms with E-state index in [0.717, 1.165) is 37.7 Å². The molecule has 2 aromatic carbocycles. The molecular weight excluding hydrogens is 394 g/mol. The van der Waals surface area contributed by atoms with Gasteiger partial charge in [-0.25, -0.2) is 9.67 Å². The van der Waals surface area contributed by atoms with E-state index in [1.807, 2.05) is 46.0 Å². The smallest absolute Gasteiger partial charge is 0.233 e. The van der Waals surface area contributed by atoms with Crippen molar-refractivity contribution in [3.05, 3.63) is 66.5 Å². The van der Waals surface area contributed by atoms with Gasteiger partial charge in [-0.1, -0.05) is 62.0 Å². The van der Waals surface area contributed by atoms with Crippen LogP contribution in [0.15, 0.2) is 65.8 Å². The van der Waals surface area contributed by atoms with Crippen molar-refractivity contribution >= 4 is 23.4 Å². The van der Waals surface area contributed by atoms with Gasteiger partial charge < -0.3 is 9.80 Å². The second-order valence-electron chi connectivity index (χ2n) is 7.65. The van der Waals surface area contributed by atoms with Crippen LogP contribution in [0.1, 0.15) is 25.6 Å². The van der Waals surface area contributed by atoms with Gasteiger partial charge in [-0.2, -0.15) is 0 Å². The number of hydrogen-bond donors (Lipinski definition) is 0. The summed E-state index contributed by atoms with van der Waals surface area (Å²) in [6, 6.07) is 20.4. The fourth-order valence-electron chi connectivity index (χ4n) is 3.57. The normalized spacial score (nSPS) is 14.4. The quantitative estimate of drug-likeness (QED) is 0.566. The Labute approximate surface area is 181 Å². The summed E-state index contributed by atoms with van der Waals surface area (Å²) in [6.07, 6.45) is 0. The number of amides is 1. The largest absolute Gasteiger partial charge is 0.368 e. The van der Waals surface area contributed by atoms with Gasteiger partial charge in [0.2, 0.25) is 11.1 Å². The summed E-state index contributed by atoms with van der Waals surface area (Å²) in [6.45, 7) is 7.43. The lowest BCUT2D eigenvalue weighted by Gasteiger charge is -2.36. The highest BCUT2D eigenvalue weighted by Crippen LogP contribution is 2.23. The molecule has 3 aromatic rings. The number of para-hydroxylation sites is 2. The van der Waals surface area contributed by atoms with Crippen LogP contribution < -0.4 is 4.90 Å². The Morgan fingerprint density at radius 1 is 0.933 bits per heavy atom. The van der Waals surface area contributed by atoms with Gasteiger partial charge in [-0.05, 0) is 24.3 Å². The maximum absolute atomic E-state index is 12.7. The molecule has 0 N–H and O–H groups in total. The van der Waals surface area contributed by atoms with E-state index in [9.17, 15) is 4.79 Å². The van der Waals surface area contributed by atoms with E-state index < -0.39 is 0 Å². The second-order valence-corrected chi connectivity index (χ2v) is 8.59. The molecule has 156 valence electrons. The molecule has 0 atom stereocenters. The molecule has 0 saturated carbocycles. The number of aromatic nitrogens is 3. The number of benzene rings is 2. The molecule has 30 heavy (non-hydrogen) atoms. The van der Waals surface area contributed by atoms with Crippen LogP contribution in [0.2, 0.25) is 0 Å². The monoisotopic (exact) mass is 421 g/mol. The number of anilines is 1. The predicted molar refractivity (Wildman–Crippen MR) is 121 cm³/mol. The third-order valence-electron chi connectivity index (χ3n) is 5.21. The predicted octanol–water partition coefficient (Wildman–Crippen LogP) is 3.83. The van der Waals surface area contributed by atoms with Gasteiger partial charge in [0.15, 0.2) is 0 Å². The number of nitrogens with zero attached hydrogens (tertiary/aromatic N) is 5. The fourth-order valence-corrected chi connectivity index (χ4v) is 4.30. The number of piperazine rings is 1. The van der Waals surface area contributed by atoms with Gasteiger partial charge in [0.25, 0.3) is 0 Å². The number of carbonyl (C=O) groups is 1. The van der Waals surface area contributed by atoms with E-state index in [1.165, 1.54) is 17.4 Å². The summed E-state index contributed by atoms with van der Waals surface area (Å²) in [5.41, 5.74) is 2.21. The van der Waals surface area contributed by atoms with E-state index in [2.05, 4.69) is 48.1 Å². The zero-order valence-electron chi connectivity index (χ0n) is 17.4. The molecule has 1 saturated heterocycles. The standard InChI is InChI=1S/C23H27N5OS/c1-18(2)22-24-23(25-28(22)20-11-7-4-8-12-20)30-17-21(29)27-15-13-26(14-16-27)19-9-5-3-6-10-19/h3-12,18H,13-17H2,1-2H3. The van der Waals surface area contributed by atoms with Crippen molar-refractivity contribution in [3.8, 4) is 5.69 Å². The number of hydrogen-bond acceptors (Lipinski definition) is 5. The van der Waals surface area contributed by atoms with E-state index in [4.69, 9.17) is 4.98 Å². The number of rotatable bonds is 6. The Kier molecular flexibility index (Phi) is 6.38. The van der Waals surface area contributed by atoms with Crippen LogP contribution >= 0.6 is 11.8 Å². The van der Waals surface area contributed by atoms with E-state index in [-0.39, 0.29) is 11.8 Å². The van der Waals surface area contributed by atoms with Crippen molar-refractivity contribution in [2.24, 2.45) is 0 Å². The SMILES string of the molecule is CC(C)c1nc(SCC(=O)N2CCN(c3ccccc3)CC2)nn1-c1ccccc1. The van der Waals surface area contributed by atoms with Crippen LogP contribution in [0, 0.1) is 0 Å². The van der Waals surface area contributed by atoms with Gasteiger partial charge in [-0.3, -0.25) is 4.79 Å². The minimum atomic E-state index is 0.148. The number of thioether (sulfide) groups is 1. The molecule has 6 nitrogen and oxygen atoms in total. The third kappa shape index (κ3) is 4.67. The molecule has 2 heterocycles. The van der Waals surface area contributed by atoms with Gasteiger partial charge in [0.1, 0.15) is 5.82 Å². The molecule has 1 aromatic heterocycles. The summed E-state index contributed by atoms with van der Waals surface area (Å²) in [5.74, 6) is 1.66. The zero-order valence-corrected chi connectivity index (χ0v) is 18.3. The molecule has 1 aliphatic rings. The van der Waals surface area contributed by atoms with E-state index >= 15 is 0 Å². The van der Waals surface area contributed by atoms with Crippen LogP contribution in [-0.2, 0) is 4.79 Å². The minimum Gasteiger partial charge on any atom is -0.368 e. The number of carbonyl (C=O) groups excluding carboxylic acids is 1. The van der Waals surface area contributed by atoms with Gasteiger partial charge >= 0.3 is 0 Å². The first-order chi connectivity index (χ1) is 14.6. The molecular formula is C23H27N5OS. The molecule has 4 rings (SSSR count). The minimum absolute atomic E-state index is 0.148. The second kappa shape index (κ2) is 9.34. The highest BCUT2D eigenvalue weighted by molar-refractivity contribution is 7.99. The molecule has 7 heteroatoms. The molecule has 0 radical (unpaired) electrons. The van der Waals surface area contributed by atoms with Crippen LogP contribution in [0.5, 0.6) is 0 Å². The van der Waals surface area contributed by atoms with Gasteiger partial charge in [0, 0.05) is 37.8 Å². The Bertz CT molecular complexity index is 966. The van der Waals surface area contributed by atoms with E-state index in [1.54, 1.807) is 0 Å². The fraction of sp³-hybridized carbons (Fsp3) is 0.348. The highest BCUT2D eigenvalue weighted by Gasteiger charge is 2.22. The zero-order chi connectivity index (χ0) is 20.9. The van der Waals surface area contributed by atoms with Crippen molar-refractivity contribution in [2.75, 3.05) is 36.8 Å². The Morgan fingerprint density at radius 2 is 1.53 bits per heavy atom. The first-order valence-electron chi connectivity index (χ1n) is 10.3. The van der Waals surface area contributed by atoms with Crippen LogP contribution in [0.3, 0.4) is 0 Å². The summed E-state index contributed by atoms with van der Waals surface area (Å²) in [5, 5.41) is 5.31. The topological polar surface area (TPSA) is 54.3 Å². The van der Waals surface area contributed by atoms with E-state index in [0.29, 0.717) is 10.9 Å². The lowest BCUT2D eigenvalue weighted by molar-refractivity contribution is -0.128. The van der Waals surface area contributed by atoms with Crippen LogP contribution in [0.25, 0.3) is 5.69 Å². The third-order valence-corrected chi connectivity index (χ3v) is 6.03. The molecule has 0 aliphatic carbocycles. The van der Waals surface area contributed by atoms with Crippen molar-refractivity contribution in [3.63, 3.8) is 0 Å². The maximum Gasteiger partial charge on any atom is 0.233 e. The van der Waals surface area contributed by atoms with Crippen LogP contribution in [0.4, 0.5) is 5.69 Å². The highest BCUT2D eigenvalue weighted by atomic mass is 32.2. The molecule has 1 aliphatic heterocycles. The summed E-state index contributed by atoms with van der Waals surface area (Å²) in [7, 11) is 0. The van der Waals surface area contributed by atoms with Crippen LogP contribution in [-0.4, -0.2) is 57.5 Å². The Hall–Kier alpha value is -2.80. The van der Waals surface area contributed by atoms with Crippen molar-refractivity contribution < 1.29 is 4.79 Å². The molecule has 1 fully saturated rings. The summed E-state index contributed by atoms with van der Waals surface area (Å²) >= 11 is 1.42. The first kappa shape index (κ1) is 20.5. The van der Waals surface area contributed by atoms with Crippen molar-refractivity contribution in [2.45, 2.75) is 24.9 Å². The maximum atomic E-state index is 12.7. The van der Waals surface area contributed by atoms with Crippen molar-refractivity contribution in [1.29, 1.82) is 0 Å². The Morgan fingerprint density at radius 3 is 2.13 bits per heavy atom. The lowest BCUT2D eigenvalue weighted by atomic mass is 10.2.